The monoisotopic (exact) mass is 192 g/mol. The summed E-state index contributed by atoms with van der Waals surface area (Å²) in [6, 6.07) is 8.06. The molecule has 0 aliphatic carbocycles. The molecule has 0 radical (unpaired) electrons. The smallest absolute Gasteiger partial charge is 0.319 e. The van der Waals surface area contributed by atoms with Crippen molar-refractivity contribution in [1.82, 2.24) is 10.4 Å². The molecule has 1 aliphatic rings. The molecule has 1 aliphatic heterocycles. The van der Waals surface area contributed by atoms with E-state index in [2.05, 4.69) is 11.5 Å². The predicted molar refractivity (Wildman–Crippen MR) is 51.3 cm³/mol. The zero-order valence-corrected chi connectivity index (χ0v) is 7.73. The van der Waals surface area contributed by atoms with Crippen molar-refractivity contribution < 1.29 is 9.90 Å². The molecule has 4 heteroatoms. The number of fused-ring (bicyclic) bond motifs is 1. The van der Waals surface area contributed by atoms with E-state index in [0.29, 0.717) is 13.1 Å². The maximum absolute atomic E-state index is 10.5. The highest BCUT2D eigenvalue weighted by Gasteiger charge is 2.16. The lowest BCUT2D eigenvalue weighted by molar-refractivity contribution is -0.139. The molecule has 0 saturated heterocycles. The third kappa shape index (κ3) is 1.92. The summed E-state index contributed by atoms with van der Waals surface area (Å²) in [5.74, 6) is -0.808. The van der Waals surface area contributed by atoms with Crippen LogP contribution in [-0.2, 0) is 17.9 Å². The Morgan fingerprint density at radius 1 is 1.43 bits per heavy atom. The average Bonchev–Trinajstić information content (AvgIpc) is 2.17. The third-order valence-corrected chi connectivity index (χ3v) is 2.30. The number of rotatable bonds is 2. The lowest BCUT2D eigenvalue weighted by atomic mass is 10.1. The van der Waals surface area contributed by atoms with Gasteiger partial charge >= 0.3 is 5.97 Å². The van der Waals surface area contributed by atoms with Gasteiger partial charge in [-0.25, -0.2) is 10.4 Å². The molecule has 74 valence electrons. The van der Waals surface area contributed by atoms with Gasteiger partial charge in [0.1, 0.15) is 6.54 Å². The highest BCUT2D eigenvalue weighted by molar-refractivity contribution is 5.69. The Kier molecular flexibility index (Phi) is 2.47. The number of nitrogens with zero attached hydrogens (tertiary/aromatic N) is 1. The van der Waals surface area contributed by atoms with Gasteiger partial charge in [0.25, 0.3) is 0 Å². The molecule has 0 saturated carbocycles. The molecule has 2 N–H and O–H groups in total. The van der Waals surface area contributed by atoms with Gasteiger partial charge in [0.2, 0.25) is 0 Å². The van der Waals surface area contributed by atoms with Gasteiger partial charge in [0.15, 0.2) is 0 Å². The van der Waals surface area contributed by atoms with Gasteiger partial charge in [-0.1, -0.05) is 24.3 Å². The van der Waals surface area contributed by atoms with Crippen LogP contribution in [0.2, 0.25) is 0 Å². The van der Waals surface area contributed by atoms with Crippen molar-refractivity contribution in [1.29, 1.82) is 0 Å². The molecule has 0 bridgehead atoms. The Morgan fingerprint density at radius 3 is 2.86 bits per heavy atom. The topological polar surface area (TPSA) is 52.6 Å². The Bertz CT molecular complexity index is 352. The molecule has 1 aromatic rings. The van der Waals surface area contributed by atoms with Crippen LogP contribution in [0, 0.1) is 0 Å². The fourth-order valence-corrected chi connectivity index (χ4v) is 1.62. The van der Waals surface area contributed by atoms with Crippen LogP contribution < -0.4 is 5.43 Å². The van der Waals surface area contributed by atoms with Crippen molar-refractivity contribution in [2.45, 2.75) is 13.1 Å². The molecular weight excluding hydrogens is 180 g/mol. The first-order chi connectivity index (χ1) is 6.75. The summed E-state index contributed by atoms with van der Waals surface area (Å²) >= 11 is 0. The van der Waals surface area contributed by atoms with E-state index < -0.39 is 5.97 Å². The first kappa shape index (κ1) is 9.18. The summed E-state index contributed by atoms with van der Waals surface area (Å²) in [4.78, 5) is 10.5. The molecule has 0 spiro atoms. The van der Waals surface area contributed by atoms with Gasteiger partial charge in [0.05, 0.1) is 0 Å². The summed E-state index contributed by atoms with van der Waals surface area (Å²) in [6.45, 7) is 1.40. The Labute approximate surface area is 82.1 Å². The fraction of sp³-hybridized carbons (Fsp3) is 0.300. The van der Waals surface area contributed by atoms with Crippen molar-refractivity contribution in [3.8, 4) is 0 Å². The molecule has 1 heterocycles. The van der Waals surface area contributed by atoms with E-state index in [1.165, 1.54) is 11.1 Å². The van der Waals surface area contributed by atoms with Crippen molar-refractivity contribution in [2.75, 3.05) is 6.54 Å². The second kappa shape index (κ2) is 3.77. The second-order valence-corrected chi connectivity index (χ2v) is 3.35. The molecule has 14 heavy (non-hydrogen) atoms. The summed E-state index contributed by atoms with van der Waals surface area (Å²) in [5, 5.41) is 10.3. The fourth-order valence-electron chi connectivity index (χ4n) is 1.62. The lowest BCUT2D eigenvalue weighted by Gasteiger charge is -2.28. The molecule has 0 unspecified atom stereocenters. The molecule has 0 aromatic heterocycles. The van der Waals surface area contributed by atoms with Crippen LogP contribution >= 0.6 is 0 Å². The van der Waals surface area contributed by atoms with Crippen molar-refractivity contribution in [2.24, 2.45) is 0 Å². The van der Waals surface area contributed by atoms with Gasteiger partial charge in [-0.05, 0) is 11.1 Å². The highest BCUT2D eigenvalue weighted by atomic mass is 16.4. The molecule has 0 amide bonds. The number of carboxylic acid groups (broad SMARTS) is 1. The first-order valence-electron chi connectivity index (χ1n) is 4.53. The summed E-state index contributed by atoms with van der Waals surface area (Å²) in [5.41, 5.74) is 5.51. The predicted octanol–water partition coefficient (Wildman–Crippen LogP) is 0.591. The maximum Gasteiger partial charge on any atom is 0.319 e. The summed E-state index contributed by atoms with van der Waals surface area (Å²) in [6.07, 6.45) is 0. The zero-order valence-electron chi connectivity index (χ0n) is 7.73. The van der Waals surface area contributed by atoms with Crippen LogP contribution in [0.4, 0.5) is 0 Å². The maximum atomic E-state index is 10.5. The van der Waals surface area contributed by atoms with Gasteiger partial charge in [-0.3, -0.25) is 4.79 Å². The lowest BCUT2D eigenvalue weighted by Crippen LogP contribution is -2.43. The number of hydrazine groups is 1. The number of hydrogen-bond acceptors (Lipinski definition) is 3. The van der Waals surface area contributed by atoms with Gasteiger partial charge < -0.3 is 5.11 Å². The van der Waals surface area contributed by atoms with E-state index >= 15 is 0 Å². The SMILES string of the molecule is O=C(O)CN1Cc2ccccc2CN1. The van der Waals surface area contributed by atoms with E-state index in [1.807, 2.05) is 18.2 Å². The third-order valence-electron chi connectivity index (χ3n) is 2.30. The Morgan fingerprint density at radius 2 is 2.14 bits per heavy atom. The molecule has 0 fully saturated rings. The minimum absolute atomic E-state index is 0.0360. The number of nitrogens with one attached hydrogen (secondary N) is 1. The number of hydrogen-bond donors (Lipinski definition) is 2. The standard InChI is InChI=1S/C10H12N2O2/c13-10(14)7-12-6-9-4-2-1-3-8(9)5-11-12/h1-4,11H,5-7H2,(H,13,14). The Balaban J connectivity index is 2.09. The van der Waals surface area contributed by atoms with E-state index in [-0.39, 0.29) is 6.54 Å². The van der Waals surface area contributed by atoms with Crippen LogP contribution in [0.3, 0.4) is 0 Å². The van der Waals surface area contributed by atoms with Crippen LogP contribution in [0.15, 0.2) is 24.3 Å². The number of benzene rings is 1. The van der Waals surface area contributed by atoms with Crippen molar-refractivity contribution >= 4 is 5.97 Å². The molecule has 0 atom stereocenters. The van der Waals surface area contributed by atoms with Crippen molar-refractivity contribution in [3.05, 3.63) is 35.4 Å². The zero-order chi connectivity index (χ0) is 9.97. The first-order valence-corrected chi connectivity index (χ1v) is 4.53. The molecule has 1 aromatic carbocycles. The van der Waals surface area contributed by atoms with Gasteiger partial charge in [0, 0.05) is 13.1 Å². The van der Waals surface area contributed by atoms with E-state index in [0.717, 1.165) is 0 Å². The summed E-state index contributed by atoms with van der Waals surface area (Å²) in [7, 11) is 0. The quantitative estimate of drug-likeness (QED) is 0.720. The Hall–Kier alpha value is -1.39. The number of aliphatic carboxylic acids is 1. The van der Waals surface area contributed by atoms with E-state index in [1.54, 1.807) is 5.01 Å². The van der Waals surface area contributed by atoms with Crippen LogP contribution in [0.5, 0.6) is 0 Å². The highest BCUT2D eigenvalue weighted by Crippen LogP contribution is 2.14. The van der Waals surface area contributed by atoms with Gasteiger partial charge in [-0.15, -0.1) is 0 Å². The second-order valence-electron chi connectivity index (χ2n) is 3.35. The van der Waals surface area contributed by atoms with E-state index in [4.69, 9.17) is 5.11 Å². The van der Waals surface area contributed by atoms with Crippen LogP contribution in [-0.4, -0.2) is 22.6 Å². The van der Waals surface area contributed by atoms with Crippen molar-refractivity contribution in [3.63, 3.8) is 0 Å². The van der Waals surface area contributed by atoms with Crippen LogP contribution in [0.25, 0.3) is 0 Å². The normalized spacial score (nSPS) is 16.3. The molecular formula is C10H12N2O2. The number of carboxylic acids is 1. The van der Waals surface area contributed by atoms with Gasteiger partial charge in [-0.2, -0.15) is 0 Å². The number of carbonyl (C=O) groups is 1. The summed E-state index contributed by atoms with van der Waals surface area (Å²) < 4.78 is 0. The molecule has 2 rings (SSSR count). The minimum atomic E-state index is -0.808. The largest absolute Gasteiger partial charge is 0.480 e. The molecule has 4 nitrogen and oxygen atoms in total. The van der Waals surface area contributed by atoms with E-state index in [9.17, 15) is 4.79 Å². The average molecular weight is 192 g/mol. The minimum Gasteiger partial charge on any atom is -0.480 e. The van der Waals surface area contributed by atoms with Crippen LogP contribution in [0.1, 0.15) is 11.1 Å².